The summed E-state index contributed by atoms with van der Waals surface area (Å²) in [5.74, 6) is -0.841. The van der Waals surface area contributed by atoms with E-state index in [1.807, 2.05) is 48.5 Å². The second-order valence-electron chi connectivity index (χ2n) is 8.57. The zero-order valence-corrected chi connectivity index (χ0v) is 19.0. The lowest BCUT2D eigenvalue weighted by molar-refractivity contribution is -0.139. The molecule has 1 heterocycles. The Morgan fingerprint density at radius 1 is 0.968 bits per heavy atom. The minimum atomic E-state index is -0.605. The normalized spacial score (nSPS) is 18.2. The molecule has 164 valence electrons. The Morgan fingerprint density at radius 2 is 1.61 bits per heavy atom. The number of Topliss-reactive ketones (excluding diaryl/α,β-unsaturated/α-hetero) is 1. The number of ketones is 1. The van der Waals surface area contributed by atoms with Crippen LogP contribution in [0.2, 0.25) is 0 Å². The number of benzene rings is 2. The van der Waals surface area contributed by atoms with Crippen LogP contribution in [0.1, 0.15) is 81.2 Å². The van der Waals surface area contributed by atoms with E-state index in [-0.39, 0.29) is 11.3 Å². The maximum Gasteiger partial charge on any atom is 0.295 e. The van der Waals surface area contributed by atoms with Crippen molar-refractivity contribution in [3.63, 3.8) is 0 Å². The number of amides is 1. The SMILES string of the molecule is CCCCCN1C(=O)C(=O)/C(=C(\O)c2ccc(CC)cc2)C1c1ccc(C(C)C)cc1. The molecule has 0 saturated carbocycles. The second-order valence-corrected chi connectivity index (χ2v) is 8.57. The van der Waals surface area contributed by atoms with Crippen molar-refractivity contribution in [3.8, 4) is 0 Å². The maximum absolute atomic E-state index is 13.0. The van der Waals surface area contributed by atoms with Gasteiger partial charge in [-0.2, -0.15) is 0 Å². The van der Waals surface area contributed by atoms with Crippen LogP contribution in [0.25, 0.3) is 5.76 Å². The number of unbranched alkanes of at least 4 members (excludes halogenated alkanes) is 2. The lowest BCUT2D eigenvalue weighted by atomic mass is 9.93. The third-order valence-corrected chi connectivity index (χ3v) is 6.10. The first-order chi connectivity index (χ1) is 14.9. The van der Waals surface area contributed by atoms with Crippen LogP contribution in [0.15, 0.2) is 54.1 Å². The van der Waals surface area contributed by atoms with Crippen molar-refractivity contribution >= 4 is 17.4 Å². The fourth-order valence-electron chi connectivity index (χ4n) is 4.11. The van der Waals surface area contributed by atoms with Crippen molar-refractivity contribution < 1.29 is 14.7 Å². The zero-order valence-electron chi connectivity index (χ0n) is 19.0. The van der Waals surface area contributed by atoms with E-state index in [0.717, 1.165) is 36.8 Å². The number of likely N-dealkylation sites (tertiary alicyclic amines) is 1. The minimum Gasteiger partial charge on any atom is -0.507 e. The van der Waals surface area contributed by atoms with Crippen molar-refractivity contribution in [1.29, 1.82) is 0 Å². The zero-order chi connectivity index (χ0) is 22.5. The van der Waals surface area contributed by atoms with Crippen molar-refractivity contribution in [2.75, 3.05) is 6.54 Å². The van der Waals surface area contributed by atoms with Crippen LogP contribution in [0.3, 0.4) is 0 Å². The van der Waals surface area contributed by atoms with Gasteiger partial charge in [0.25, 0.3) is 11.7 Å². The molecule has 0 radical (unpaired) electrons. The highest BCUT2D eigenvalue weighted by molar-refractivity contribution is 6.46. The van der Waals surface area contributed by atoms with E-state index in [1.165, 1.54) is 5.56 Å². The Labute approximate surface area is 185 Å². The molecule has 1 unspecified atom stereocenters. The highest BCUT2D eigenvalue weighted by atomic mass is 16.3. The number of hydrogen-bond acceptors (Lipinski definition) is 3. The van der Waals surface area contributed by atoms with Crippen molar-refractivity contribution in [2.24, 2.45) is 0 Å². The van der Waals surface area contributed by atoms with E-state index in [4.69, 9.17) is 0 Å². The van der Waals surface area contributed by atoms with Crippen molar-refractivity contribution in [3.05, 3.63) is 76.4 Å². The minimum absolute atomic E-state index is 0.100. The topological polar surface area (TPSA) is 57.6 Å². The second kappa shape index (κ2) is 9.95. The van der Waals surface area contributed by atoms with Gasteiger partial charge in [0.05, 0.1) is 11.6 Å². The molecule has 2 aromatic rings. The van der Waals surface area contributed by atoms with E-state index in [9.17, 15) is 14.7 Å². The molecule has 0 aliphatic carbocycles. The van der Waals surface area contributed by atoms with Gasteiger partial charge in [0.1, 0.15) is 5.76 Å². The molecule has 1 fully saturated rings. The van der Waals surface area contributed by atoms with Gasteiger partial charge in [-0.25, -0.2) is 0 Å². The van der Waals surface area contributed by atoms with Gasteiger partial charge in [-0.15, -0.1) is 0 Å². The molecule has 1 saturated heterocycles. The number of nitrogens with zero attached hydrogens (tertiary/aromatic N) is 1. The highest BCUT2D eigenvalue weighted by Crippen LogP contribution is 2.40. The lowest BCUT2D eigenvalue weighted by Gasteiger charge is -2.25. The average Bonchev–Trinajstić information content (AvgIpc) is 3.04. The van der Waals surface area contributed by atoms with Gasteiger partial charge < -0.3 is 10.0 Å². The fraction of sp³-hybridized carbons (Fsp3) is 0.407. The molecule has 0 bridgehead atoms. The van der Waals surface area contributed by atoms with Crippen LogP contribution in [0.5, 0.6) is 0 Å². The van der Waals surface area contributed by atoms with Crippen molar-refractivity contribution in [1.82, 2.24) is 4.90 Å². The Morgan fingerprint density at radius 3 is 2.16 bits per heavy atom. The van der Waals surface area contributed by atoms with Gasteiger partial charge in [0.15, 0.2) is 0 Å². The summed E-state index contributed by atoms with van der Waals surface area (Å²) in [7, 11) is 0. The summed E-state index contributed by atoms with van der Waals surface area (Å²) >= 11 is 0. The predicted molar refractivity (Wildman–Crippen MR) is 125 cm³/mol. The van der Waals surface area contributed by atoms with E-state index in [1.54, 1.807) is 4.90 Å². The Hall–Kier alpha value is -2.88. The number of aliphatic hydroxyl groups excluding tert-OH is 1. The van der Waals surface area contributed by atoms with Gasteiger partial charge in [0, 0.05) is 12.1 Å². The van der Waals surface area contributed by atoms with Crippen LogP contribution < -0.4 is 0 Å². The monoisotopic (exact) mass is 419 g/mol. The summed E-state index contributed by atoms with van der Waals surface area (Å²) < 4.78 is 0. The summed E-state index contributed by atoms with van der Waals surface area (Å²) in [6.45, 7) is 8.94. The van der Waals surface area contributed by atoms with E-state index >= 15 is 0 Å². The summed E-state index contributed by atoms with van der Waals surface area (Å²) in [5, 5.41) is 11.1. The molecule has 1 N–H and O–H groups in total. The smallest absolute Gasteiger partial charge is 0.295 e. The van der Waals surface area contributed by atoms with Crippen LogP contribution in [0.4, 0.5) is 0 Å². The first kappa shape index (κ1) is 22.8. The van der Waals surface area contributed by atoms with E-state index in [0.29, 0.717) is 18.0 Å². The van der Waals surface area contributed by atoms with Gasteiger partial charge in [-0.1, -0.05) is 89.1 Å². The highest BCUT2D eigenvalue weighted by Gasteiger charge is 2.45. The van der Waals surface area contributed by atoms with E-state index < -0.39 is 17.7 Å². The summed E-state index contributed by atoms with van der Waals surface area (Å²) in [5.41, 5.74) is 3.95. The Bertz CT molecular complexity index is 955. The van der Waals surface area contributed by atoms with Crippen LogP contribution in [0, 0.1) is 0 Å². The molecule has 1 aliphatic rings. The number of aliphatic hydroxyl groups is 1. The number of rotatable bonds is 8. The van der Waals surface area contributed by atoms with Crippen molar-refractivity contribution in [2.45, 2.75) is 65.3 Å². The number of carbonyl (C=O) groups excluding carboxylic acids is 2. The molecule has 0 aromatic heterocycles. The molecule has 4 heteroatoms. The molecule has 1 aliphatic heterocycles. The predicted octanol–water partition coefficient (Wildman–Crippen LogP) is 5.98. The molecular weight excluding hydrogens is 386 g/mol. The van der Waals surface area contributed by atoms with E-state index in [2.05, 4.69) is 27.7 Å². The van der Waals surface area contributed by atoms with Crippen LogP contribution >= 0.6 is 0 Å². The van der Waals surface area contributed by atoms with Crippen LogP contribution in [-0.4, -0.2) is 28.2 Å². The molecule has 1 atom stereocenters. The van der Waals surface area contributed by atoms with Gasteiger partial charge >= 0.3 is 0 Å². The molecule has 4 nitrogen and oxygen atoms in total. The summed E-state index contributed by atoms with van der Waals surface area (Å²) in [6, 6.07) is 15.0. The first-order valence-electron chi connectivity index (χ1n) is 11.4. The number of aryl methyl sites for hydroxylation is 1. The quantitative estimate of drug-likeness (QED) is 0.248. The lowest BCUT2D eigenvalue weighted by Crippen LogP contribution is -2.30. The summed E-state index contributed by atoms with van der Waals surface area (Å²) in [6.07, 6.45) is 3.74. The summed E-state index contributed by atoms with van der Waals surface area (Å²) in [4.78, 5) is 27.6. The standard InChI is InChI=1S/C27H33NO3/c1-5-7-8-17-28-24(21-15-13-20(14-16-21)18(3)4)23(26(30)27(28)31)25(29)22-11-9-19(6-2)10-12-22/h9-16,18,24,29H,5-8,17H2,1-4H3/b25-23-. The Kier molecular flexibility index (Phi) is 7.32. The fourth-order valence-corrected chi connectivity index (χ4v) is 4.11. The molecular formula is C27H33NO3. The molecule has 1 amide bonds. The van der Waals surface area contributed by atoms with Gasteiger partial charge in [0.2, 0.25) is 0 Å². The number of carbonyl (C=O) groups is 2. The largest absolute Gasteiger partial charge is 0.507 e. The molecule has 3 rings (SSSR count). The molecule has 31 heavy (non-hydrogen) atoms. The third-order valence-electron chi connectivity index (χ3n) is 6.10. The first-order valence-corrected chi connectivity index (χ1v) is 11.4. The third kappa shape index (κ3) is 4.73. The maximum atomic E-state index is 13.0. The number of hydrogen-bond donors (Lipinski definition) is 1. The average molecular weight is 420 g/mol. The van der Waals surface area contributed by atoms with Crippen LogP contribution in [-0.2, 0) is 16.0 Å². The Balaban J connectivity index is 2.09. The van der Waals surface area contributed by atoms with Gasteiger partial charge in [-0.3, -0.25) is 9.59 Å². The molecule has 0 spiro atoms. The molecule has 2 aromatic carbocycles. The van der Waals surface area contributed by atoms with Gasteiger partial charge in [-0.05, 0) is 35.4 Å².